The van der Waals surface area contributed by atoms with E-state index in [1.165, 1.54) is 0 Å². The first kappa shape index (κ1) is 13.4. The van der Waals surface area contributed by atoms with Crippen LogP contribution in [0.2, 0.25) is 0 Å². The third kappa shape index (κ3) is 5.22. The van der Waals surface area contributed by atoms with E-state index in [9.17, 15) is 4.79 Å². The van der Waals surface area contributed by atoms with E-state index < -0.39 is 0 Å². The second kappa shape index (κ2) is 6.02. The van der Waals surface area contributed by atoms with Gasteiger partial charge in [-0.3, -0.25) is 4.79 Å². The summed E-state index contributed by atoms with van der Waals surface area (Å²) >= 11 is 0. The van der Waals surface area contributed by atoms with Crippen molar-refractivity contribution in [2.24, 2.45) is 11.7 Å². The number of nitrogens with two attached hydrogens (primary N) is 1. The molecule has 0 aromatic heterocycles. The van der Waals surface area contributed by atoms with Gasteiger partial charge in [0.25, 0.3) is 0 Å². The highest BCUT2D eigenvalue weighted by Gasteiger charge is 2.21. The summed E-state index contributed by atoms with van der Waals surface area (Å²) in [6.45, 7) is 8.78. The Labute approximate surface area is 87.4 Å². The standard InChI is InChI=1S/C11H24N2O/c1-5-11(3,4)13-10(14)9(2)7-6-8-12/h9H,5-8,12H2,1-4H3,(H,13,14). The summed E-state index contributed by atoms with van der Waals surface area (Å²) < 4.78 is 0. The van der Waals surface area contributed by atoms with Crippen LogP contribution in [0.5, 0.6) is 0 Å². The molecule has 0 heterocycles. The molecule has 0 aliphatic heterocycles. The van der Waals surface area contributed by atoms with Gasteiger partial charge >= 0.3 is 0 Å². The number of hydrogen-bond acceptors (Lipinski definition) is 2. The van der Waals surface area contributed by atoms with Crippen LogP contribution >= 0.6 is 0 Å². The Morgan fingerprint density at radius 2 is 2.07 bits per heavy atom. The molecule has 1 atom stereocenters. The molecule has 0 radical (unpaired) electrons. The molecule has 3 N–H and O–H groups in total. The molecule has 0 rings (SSSR count). The van der Waals surface area contributed by atoms with E-state index in [2.05, 4.69) is 12.2 Å². The predicted molar refractivity (Wildman–Crippen MR) is 60.0 cm³/mol. The zero-order valence-electron chi connectivity index (χ0n) is 9.89. The molecule has 0 aliphatic carbocycles. The Balaban J connectivity index is 3.95. The highest BCUT2D eigenvalue weighted by Crippen LogP contribution is 2.11. The second-order valence-electron chi connectivity index (χ2n) is 4.56. The van der Waals surface area contributed by atoms with Crippen LogP contribution in [0.15, 0.2) is 0 Å². The van der Waals surface area contributed by atoms with Crippen molar-refractivity contribution in [3.8, 4) is 0 Å². The highest BCUT2D eigenvalue weighted by molar-refractivity contribution is 5.78. The maximum Gasteiger partial charge on any atom is 0.223 e. The number of nitrogens with one attached hydrogen (secondary N) is 1. The average Bonchev–Trinajstić information content (AvgIpc) is 2.13. The van der Waals surface area contributed by atoms with Crippen LogP contribution in [0.3, 0.4) is 0 Å². The van der Waals surface area contributed by atoms with Gasteiger partial charge in [-0.2, -0.15) is 0 Å². The quantitative estimate of drug-likeness (QED) is 0.685. The van der Waals surface area contributed by atoms with Gasteiger partial charge in [0.05, 0.1) is 0 Å². The number of rotatable bonds is 6. The van der Waals surface area contributed by atoms with Crippen LogP contribution in [-0.4, -0.2) is 18.0 Å². The normalized spacial score (nSPS) is 13.8. The van der Waals surface area contributed by atoms with E-state index >= 15 is 0 Å². The monoisotopic (exact) mass is 200 g/mol. The zero-order chi connectivity index (χ0) is 11.2. The molecule has 1 amide bonds. The Morgan fingerprint density at radius 3 is 2.50 bits per heavy atom. The predicted octanol–water partition coefficient (Wildman–Crippen LogP) is 1.67. The number of hydrogen-bond donors (Lipinski definition) is 2. The van der Waals surface area contributed by atoms with E-state index in [0.29, 0.717) is 6.54 Å². The fourth-order valence-corrected chi connectivity index (χ4v) is 1.10. The molecule has 14 heavy (non-hydrogen) atoms. The van der Waals surface area contributed by atoms with Crippen LogP contribution in [0.1, 0.15) is 47.0 Å². The smallest absolute Gasteiger partial charge is 0.223 e. The van der Waals surface area contributed by atoms with Crippen LogP contribution in [0.4, 0.5) is 0 Å². The lowest BCUT2D eigenvalue weighted by molar-refractivity contribution is -0.126. The first-order valence-electron chi connectivity index (χ1n) is 5.45. The van der Waals surface area contributed by atoms with Crippen molar-refractivity contribution < 1.29 is 4.79 Å². The largest absolute Gasteiger partial charge is 0.351 e. The third-order valence-corrected chi connectivity index (χ3v) is 2.63. The summed E-state index contributed by atoms with van der Waals surface area (Å²) in [4.78, 5) is 11.7. The second-order valence-corrected chi connectivity index (χ2v) is 4.56. The SMILES string of the molecule is CCC(C)(C)NC(=O)C(C)CCCN. The fraction of sp³-hybridized carbons (Fsp3) is 0.909. The van der Waals surface area contributed by atoms with Crippen molar-refractivity contribution >= 4 is 5.91 Å². The molecule has 0 saturated carbocycles. The molecule has 0 saturated heterocycles. The topological polar surface area (TPSA) is 55.1 Å². The minimum absolute atomic E-state index is 0.0735. The highest BCUT2D eigenvalue weighted by atomic mass is 16.2. The molecule has 0 bridgehead atoms. The Kier molecular flexibility index (Phi) is 5.77. The van der Waals surface area contributed by atoms with Crippen molar-refractivity contribution in [3.05, 3.63) is 0 Å². The van der Waals surface area contributed by atoms with Crippen molar-refractivity contribution in [1.82, 2.24) is 5.32 Å². The zero-order valence-corrected chi connectivity index (χ0v) is 9.89. The molecule has 3 nitrogen and oxygen atoms in total. The van der Waals surface area contributed by atoms with E-state index in [1.807, 2.05) is 20.8 Å². The van der Waals surface area contributed by atoms with E-state index in [-0.39, 0.29) is 17.4 Å². The van der Waals surface area contributed by atoms with Crippen molar-refractivity contribution in [2.75, 3.05) is 6.54 Å². The van der Waals surface area contributed by atoms with Gasteiger partial charge in [-0.25, -0.2) is 0 Å². The molecule has 0 aliphatic rings. The van der Waals surface area contributed by atoms with Crippen molar-refractivity contribution in [3.63, 3.8) is 0 Å². The van der Waals surface area contributed by atoms with Gasteiger partial charge in [-0.1, -0.05) is 13.8 Å². The summed E-state index contributed by atoms with van der Waals surface area (Å²) in [5.74, 6) is 0.217. The van der Waals surface area contributed by atoms with Gasteiger partial charge in [-0.05, 0) is 39.7 Å². The summed E-state index contributed by atoms with van der Waals surface area (Å²) in [7, 11) is 0. The molecule has 0 aromatic carbocycles. The number of carbonyl (C=O) groups is 1. The minimum Gasteiger partial charge on any atom is -0.351 e. The van der Waals surface area contributed by atoms with Crippen LogP contribution < -0.4 is 11.1 Å². The van der Waals surface area contributed by atoms with Gasteiger partial charge < -0.3 is 11.1 Å². The average molecular weight is 200 g/mol. The minimum atomic E-state index is -0.0892. The van der Waals surface area contributed by atoms with Crippen LogP contribution in [-0.2, 0) is 4.79 Å². The molecule has 1 unspecified atom stereocenters. The van der Waals surface area contributed by atoms with Crippen LogP contribution in [0.25, 0.3) is 0 Å². The maximum absolute atomic E-state index is 11.7. The van der Waals surface area contributed by atoms with Gasteiger partial charge in [0.15, 0.2) is 0 Å². The fourth-order valence-electron chi connectivity index (χ4n) is 1.10. The number of carbonyl (C=O) groups excluding carboxylic acids is 1. The van der Waals surface area contributed by atoms with Gasteiger partial charge in [-0.15, -0.1) is 0 Å². The molecule has 84 valence electrons. The van der Waals surface area contributed by atoms with E-state index in [0.717, 1.165) is 19.3 Å². The van der Waals surface area contributed by atoms with Gasteiger partial charge in [0.1, 0.15) is 0 Å². The lowest BCUT2D eigenvalue weighted by Crippen LogP contribution is -2.45. The maximum atomic E-state index is 11.7. The summed E-state index contributed by atoms with van der Waals surface area (Å²) in [5.41, 5.74) is 5.31. The number of amides is 1. The molecular weight excluding hydrogens is 176 g/mol. The first-order chi connectivity index (χ1) is 6.43. The van der Waals surface area contributed by atoms with Crippen molar-refractivity contribution in [2.45, 2.75) is 52.5 Å². The molecule has 3 heteroatoms. The Morgan fingerprint density at radius 1 is 1.50 bits per heavy atom. The van der Waals surface area contributed by atoms with Gasteiger partial charge in [0, 0.05) is 11.5 Å². The molecule has 0 fully saturated rings. The Bertz CT molecular complexity index is 178. The lowest BCUT2D eigenvalue weighted by atomic mass is 9.98. The molecule has 0 spiro atoms. The summed E-state index contributed by atoms with van der Waals surface area (Å²) in [6.07, 6.45) is 2.74. The molecule has 0 aromatic rings. The Hall–Kier alpha value is -0.570. The summed E-state index contributed by atoms with van der Waals surface area (Å²) in [6, 6.07) is 0. The first-order valence-corrected chi connectivity index (χ1v) is 5.45. The van der Waals surface area contributed by atoms with Crippen molar-refractivity contribution in [1.29, 1.82) is 0 Å². The lowest BCUT2D eigenvalue weighted by Gasteiger charge is -2.26. The van der Waals surface area contributed by atoms with Crippen LogP contribution in [0, 0.1) is 5.92 Å². The van der Waals surface area contributed by atoms with E-state index in [4.69, 9.17) is 5.73 Å². The van der Waals surface area contributed by atoms with E-state index in [1.54, 1.807) is 0 Å². The molecular formula is C11H24N2O. The summed E-state index contributed by atoms with van der Waals surface area (Å²) in [5, 5.41) is 3.03. The third-order valence-electron chi connectivity index (χ3n) is 2.63. The van der Waals surface area contributed by atoms with Gasteiger partial charge in [0.2, 0.25) is 5.91 Å².